The van der Waals surface area contributed by atoms with E-state index < -0.39 is 0 Å². The van der Waals surface area contributed by atoms with Crippen LogP contribution in [0.15, 0.2) is 18.2 Å². The van der Waals surface area contributed by atoms with E-state index >= 15 is 0 Å². The van der Waals surface area contributed by atoms with Crippen molar-refractivity contribution in [2.75, 3.05) is 25.5 Å². The number of amides is 1. The van der Waals surface area contributed by atoms with Gasteiger partial charge in [-0.15, -0.1) is 11.3 Å². The van der Waals surface area contributed by atoms with Crippen LogP contribution in [0, 0.1) is 11.7 Å². The van der Waals surface area contributed by atoms with Crippen LogP contribution in [0.1, 0.15) is 22.5 Å². The number of hydrogen-bond donors (Lipinski definition) is 2. The van der Waals surface area contributed by atoms with Crippen molar-refractivity contribution in [2.45, 2.75) is 12.8 Å². The van der Waals surface area contributed by atoms with Gasteiger partial charge in [0.25, 0.3) is 5.91 Å². The second-order valence-electron chi connectivity index (χ2n) is 5.23. The quantitative estimate of drug-likeness (QED) is 0.913. The number of benzene rings is 1. The summed E-state index contributed by atoms with van der Waals surface area (Å²) in [4.78, 5) is 12.6. The molecule has 0 radical (unpaired) electrons. The Morgan fingerprint density at radius 3 is 3.10 bits per heavy atom. The van der Waals surface area contributed by atoms with Crippen molar-refractivity contribution < 1.29 is 13.9 Å². The number of rotatable bonds is 4. The first-order valence-electron chi connectivity index (χ1n) is 6.99. The molecule has 2 heterocycles. The molecular formula is C15H17FN2O2S. The Kier molecular flexibility index (Phi) is 4.07. The van der Waals surface area contributed by atoms with Crippen LogP contribution in [0.3, 0.4) is 0 Å². The maximum atomic E-state index is 13.8. The van der Waals surface area contributed by atoms with Crippen LogP contribution in [-0.2, 0) is 4.74 Å². The molecule has 1 aliphatic rings. The molecule has 2 aromatic rings. The number of carbonyl (C=O) groups is 1. The lowest BCUT2D eigenvalue weighted by atomic mass is 10.1. The third kappa shape index (κ3) is 2.87. The largest absolute Gasteiger partial charge is 0.397 e. The number of fused-ring (bicyclic) bond motifs is 1. The molecule has 1 saturated heterocycles. The number of anilines is 1. The Hall–Kier alpha value is -1.66. The predicted octanol–water partition coefficient (Wildman–Crippen LogP) is 2.78. The van der Waals surface area contributed by atoms with Crippen LogP contribution >= 0.6 is 11.3 Å². The molecule has 1 aromatic carbocycles. The molecule has 1 amide bonds. The molecule has 1 atom stereocenters. The van der Waals surface area contributed by atoms with Crippen molar-refractivity contribution in [3.05, 3.63) is 28.9 Å². The number of halogens is 1. The number of hydrogen-bond acceptors (Lipinski definition) is 4. The van der Waals surface area contributed by atoms with Gasteiger partial charge in [-0.25, -0.2) is 4.39 Å². The summed E-state index contributed by atoms with van der Waals surface area (Å²) in [6.07, 6.45) is 1.94. The van der Waals surface area contributed by atoms with Crippen LogP contribution in [0.2, 0.25) is 0 Å². The van der Waals surface area contributed by atoms with Gasteiger partial charge in [0.1, 0.15) is 10.7 Å². The SMILES string of the molecule is Nc1c(C(=O)NCCC2CCOC2)sc2cccc(F)c12. The van der Waals surface area contributed by atoms with E-state index in [1.54, 1.807) is 12.1 Å². The summed E-state index contributed by atoms with van der Waals surface area (Å²) in [6.45, 7) is 2.16. The normalized spacial score (nSPS) is 18.2. The second kappa shape index (κ2) is 5.99. The number of ether oxygens (including phenoxy) is 1. The van der Waals surface area contributed by atoms with E-state index in [2.05, 4.69) is 5.32 Å². The average Bonchev–Trinajstić information content (AvgIpc) is 3.08. The van der Waals surface area contributed by atoms with Crippen LogP contribution < -0.4 is 11.1 Å². The summed E-state index contributed by atoms with van der Waals surface area (Å²) in [5, 5.41) is 3.20. The summed E-state index contributed by atoms with van der Waals surface area (Å²) in [6, 6.07) is 4.74. The summed E-state index contributed by atoms with van der Waals surface area (Å²) in [7, 11) is 0. The zero-order chi connectivity index (χ0) is 14.8. The number of nitrogen functional groups attached to an aromatic ring is 1. The second-order valence-corrected chi connectivity index (χ2v) is 6.28. The van der Waals surface area contributed by atoms with E-state index in [4.69, 9.17) is 10.5 Å². The van der Waals surface area contributed by atoms with Crippen molar-refractivity contribution in [1.29, 1.82) is 0 Å². The Bertz CT molecular complexity index is 665. The summed E-state index contributed by atoms with van der Waals surface area (Å²) < 4.78 is 19.8. The first-order chi connectivity index (χ1) is 10.2. The lowest BCUT2D eigenvalue weighted by molar-refractivity contribution is 0.0955. The maximum absolute atomic E-state index is 13.8. The van der Waals surface area contributed by atoms with E-state index in [0.29, 0.717) is 27.4 Å². The number of nitrogens with two attached hydrogens (primary N) is 1. The molecule has 112 valence electrons. The summed E-state index contributed by atoms with van der Waals surface area (Å²) in [5.74, 6) is -0.0991. The fraction of sp³-hybridized carbons (Fsp3) is 0.400. The highest BCUT2D eigenvalue weighted by Crippen LogP contribution is 2.35. The van der Waals surface area contributed by atoms with Gasteiger partial charge in [0.2, 0.25) is 0 Å². The van der Waals surface area contributed by atoms with E-state index in [9.17, 15) is 9.18 Å². The third-order valence-corrected chi connectivity index (χ3v) is 4.94. The minimum Gasteiger partial charge on any atom is -0.397 e. The van der Waals surface area contributed by atoms with Gasteiger partial charge in [-0.1, -0.05) is 6.07 Å². The predicted molar refractivity (Wildman–Crippen MR) is 82.1 cm³/mol. The first kappa shape index (κ1) is 14.3. The van der Waals surface area contributed by atoms with Gasteiger partial charge < -0.3 is 15.8 Å². The fourth-order valence-electron chi connectivity index (χ4n) is 2.58. The number of thiophene rings is 1. The van der Waals surface area contributed by atoms with Crippen molar-refractivity contribution in [3.8, 4) is 0 Å². The number of carbonyl (C=O) groups excluding carboxylic acids is 1. The molecule has 0 bridgehead atoms. The van der Waals surface area contributed by atoms with E-state index in [1.165, 1.54) is 17.4 Å². The van der Waals surface area contributed by atoms with Crippen molar-refractivity contribution >= 4 is 33.0 Å². The first-order valence-corrected chi connectivity index (χ1v) is 7.81. The van der Waals surface area contributed by atoms with E-state index in [1.807, 2.05) is 0 Å². The Labute approximate surface area is 126 Å². The van der Waals surface area contributed by atoms with E-state index in [-0.39, 0.29) is 17.4 Å². The molecule has 1 unspecified atom stereocenters. The van der Waals surface area contributed by atoms with Crippen LogP contribution in [0.5, 0.6) is 0 Å². The third-order valence-electron chi connectivity index (χ3n) is 3.77. The zero-order valence-corrected chi connectivity index (χ0v) is 12.3. The van der Waals surface area contributed by atoms with Gasteiger partial charge in [0, 0.05) is 24.5 Å². The molecule has 1 fully saturated rings. The zero-order valence-electron chi connectivity index (χ0n) is 11.5. The van der Waals surface area contributed by atoms with Gasteiger partial charge in [-0.2, -0.15) is 0 Å². The van der Waals surface area contributed by atoms with Crippen molar-refractivity contribution in [1.82, 2.24) is 5.32 Å². The van der Waals surface area contributed by atoms with Gasteiger partial charge in [0.15, 0.2) is 0 Å². The molecule has 0 spiro atoms. The van der Waals surface area contributed by atoms with E-state index in [0.717, 1.165) is 26.1 Å². The van der Waals surface area contributed by atoms with Crippen molar-refractivity contribution in [2.24, 2.45) is 5.92 Å². The summed E-state index contributed by atoms with van der Waals surface area (Å²) in [5.41, 5.74) is 6.16. The molecule has 4 nitrogen and oxygen atoms in total. The fourth-order valence-corrected chi connectivity index (χ4v) is 3.63. The van der Waals surface area contributed by atoms with Crippen LogP contribution in [-0.4, -0.2) is 25.7 Å². The Morgan fingerprint density at radius 2 is 2.38 bits per heavy atom. The Morgan fingerprint density at radius 1 is 1.52 bits per heavy atom. The monoisotopic (exact) mass is 308 g/mol. The molecular weight excluding hydrogens is 291 g/mol. The Balaban J connectivity index is 1.69. The number of nitrogens with one attached hydrogen (secondary N) is 1. The molecule has 3 rings (SSSR count). The minimum atomic E-state index is -0.386. The standard InChI is InChI=1S/C15H17FN2O2S/c16-10-2-1-3-11-12(10)13(17)14(21-11)15(19)18-6-4-9-5-7-20-8-9/h1-3,9H,4-8,17H2,(H,18,19). The molecule has 0 aliphatic carbocycles. The van der Waals surface area contributed by atoms with Gasteiger partial charge in [0.05, 0.1) is 11.1 Å². The molecule has 1 aromatic heterocycles. The van der Waals surface area contributed by atoms with Gasteiger partial charge in [-0.3, -0.25) is 4.79 Å². The maximum Gasteiger partial charge on any atom is 0.263 e. The summed E-state index contributed by atoms with van der Waals surface area (Å²) >= 11 is 1.23. The van der Waals surface area contributed by atoms with Gasteiger partial charge in [-0.05, 0) is 30.9 Å². The molecule has 1 aliphatic heterocycles. The minimum absolute atomic E-state index is 0.230. The smallest absolute Gasteiger partial charge is 0.263 e. The van der Waals surface area contributed by atoms with Gasteiger partial charge >= 0.3 is 0 Å². The molecule has 21 heavy (non-hydrogen) atoms. The molecule has 6 heteroatoms. The molecule has 0 saturated carbocycles. The van der Waals surface area contributed by atoms with Crippen molar-refractivity contribution in [3.63, 3.8) is 0 Å². The van der Waals surface area contributed by atoms with Crippen LogP contribution in [0.4, 0.5) is 10.1 Å². The lowest BCUT2D eigenvalue weighted by Gasteiger charge is -2.08. The molecule has 3 N–H and O–H groups in total. The highest BCUT2D eigenvalue weighted by atomic mass is 32.1. The average molecular weight is 308 g/mol. The highest BCUT2D eigenvalue weighted by Gasteiger charge is 2.19. The highest BCUT2D eigenvalue weighted by molar-refractivity contribution is 7.21. The van der Waals surface area contributed by atoms with Crippen LogP contribution in [0.25, 0.3) is 10.1 Å². The lowest BCUT2D eigenvalue weighted by Crippen LogP contribution is -2.26. The topological polar surface area (TPSA) is 64.4 Å².